The number of furan rings is 1. The van der Waals surface area contributed by atoms with Crippen molar-refractivity contribution in [2.45, 2.75) is 17.9 Å². The summed E-state index contributed by atoms with van der Waals surface area (Å²) >= 11 is 0. The maximum atomic E-state index is 13.0. The summed E-state index contributed by atoms with van der Waals surface area (Å²) in [7, 11) is -3.71. The minimum absolute atomic E-state index is 0.238. The predicted molar refractivity (Wildman–Crippen MR) is 106 cm³/mol. The lowest BCUT2D eigenvalue weighted by atomic mass is 9.96. The normalized spacial score (nSPS) is 12.9. The summed E-state index contributed by atoms with van der Waals surface area (Å²) in [5.41, 5.74) is 2.64. The average Bonchev–Trinajstić information content (AvgIpc) is 3.21. The fourth-order valence-electron chi connectivity index (χ4n) is 3.19. The molecule has 1 heterocycles. The largest absolute Gasteiger partial charge is 0.472 e. The number of sulfonamides is 1. The Kier molecular flexibility index (Phi) is 4.56. The van der Waals surface area contributed by atoms with E-state index >= 15 is 0 Å². The van der Waals surface area contributed by atoms with E-state index in [2.05, 4.69) is 4.72 Å². The van der Waals surface area contributed by atoms with E-state index in [0.717, 1.165) is 27.5 Å². The number of nitrogens with one attached hydrogen (secondary N) is 1. The number of aryl methyl sites for hydroxylation is 1. The van der Waals surface area contributed by atoms with Gasteiger partial charge in [0.1, 0.15) is 0 Å². The number of fused-ring (bicyclic) bond motifs is 1. The number of hydrogen-bond acceptors (Lipinski definition) is 3. The van der Waals surface area contributed by atoms with Gasteiger partial charge in [0.2, 0.25) is 10.0 Å². The molecule has 0 aliphatic rings. The molecule has 5 heteroatoms. The first kappa shape index (κ1) is 17.5. The molecule has 4 rings (SSSR count). The molecule has 0 amide bonds. The molecule has 1 atom stereocenters. The molecule has 136 valence electrons. The second-order valence-corrected chi connectivity index (χ2v) is 8.21. The summed E-state index contributed by atoms with van der Waals surface area (Å²) in [6, 6.07) is 21.9. The Morgan fingerprint density at radius 2 is 1.63 bits per heavy atom. The van der Waals surface area contributed by atoms with Crippen LogP contribution in [0.3, 0.4) is 0 Å². The van der Waals surface area contributed by atoms with Gasteiger partial charge in [0.25, 0.3) is 0 Å². The van der Waals surface area contributed by atoms with Gasteiger partial charge in [-0.1, -0.05) is 60.2 Å². The predicted octanol–water partition coefficient (Wildman–Crippen LogP) is 4.81. The summed E-state index contributed by atoms with van der Waals surface area (Å²) in [5, 5.41) is 2.05. The van der Waals surface area contributed by atoms with E-state index in [0.29, 0.717) is 0 Å². The Bertz CT molecular complexity index is 1160. The quantitative estimate of drug-likeness (QED) is 0.543. The monoisotopic (exact) mass is 377 g/mol. The summed E-state index contributed by atoms with van der Waals surface area (Å²) in [4.78, 5) is 0.238. The Hall–Kier alpha value is -2.89. The molecule has 0 fully saturated rings. The van der Waals surface area contributed by atoms with Gasteiger partial charge < -0.3 is 4.42 Å². The van der Waals surface area contributed by atoms with Crippen LogP contribution >= 0.6 is 0 Å². The van der Waals surface area contributed by atoms with E-state index in [1.165, 1.54) is 0 Å². The lowest BCUT2D eigenvalue weighted by Gasteiger charge is -2.20. The average molecular weight is 377 g/mol. The van der Waals surface area contributed by atoms with Crippen LogP contribution in [-0.2, 0) is 10.0 Å². The third-order valence-electron chi connectivity index (χ3n) is 4.62. The van der Waals surface area contributed by atoms with Gasteiger partial charge in [0.05, 0.1) is 23.5 Å². The van der Waals surface area contributed by atoms with Crippen LogP contribution < -0.4 is 4.72 Å². The van der Waals surface area contributed by atoms with E-state index in [1.807, 2.05) is 49.4 Å². The highest BCUT2D eigenvalue weighted by Gasteiger charge is 2.25. The summed E-state index contributed by atoms with van der Waals surface area (Å²) in [6.07, 6.45) is 3.12. The zero-order valence-electron chi connectivity index (χ0n) is 14.8. The van der Waals surface area contributed by atoms with Crippen molar-refractivity contribution in [2.24, 2.45) is 0 Å². The van der Waals surface area contributed by atoms with Gasteiger partial charge >= 0.3 is 0 Å². The lowest BCUT2D eigenvalue weighted by molar-refractivity contribution is 0.555. The molecule has 3 aromatic carbocycles. The van der Waals surface area contributed by atoms with Crippen molar-refractivity contribution in [1.29, 1.82) is 0 Å². The Morgan fingerprint density at radius 1 is 0.889 bits per heavy atom. The molecule has 0 saturated heterocycles. The smallest absolute Gasteiger partial charge is 0.241 e. The van der Waals surface area contributed by atoms with E-state index < -0.39 is 16.1 Å². The van der Waals surface area contributed by atoms with Gasteiger partial charge in [-0.3, -0.25) is 0 Å². The van der Waals surface area contributed by atoms with E-state index in [9.17, 15) is 8.42 Å². The highest BCUT2D eigenvalue weighted by Crippen LogP contribution is 2.30. The molecule has 0 bridgehead atoms. The van der Waals surface area contributed by atoms with Gasteiger partial charge in [0.15, 0.2) is 0 Å². The maximum Gasteiger partial charge on any atom is 0.241 e. The minimum Gasteiger partial charge on any atom is -0.472 e. The number of rotatable bonds is 5. The Morgan fingerprint density at radius 3 is 2.37 bits per heavy atom. The van der Waals surface area contributed by atoms with Gasteiger partial charge in [-0.05, 0) is 41.5 Å². The zero-order valence-corrected chi connectivity index (χ0v) is 15.6. The SMILES string of the molecule is Cc1ccc(S(=O)(=O)NC(c2ccoc2)c2cccc3ccccc23)cc1. The first-order valence-corrected chi connectivity index (χ1v) is 10.1. The van der Waals surface area contributed by atoms with Gasteiger partial charge in [-0.15, -0.1) is 0 Å². The van der Waals surface area contributed by atoms with Crippen LogP contribution in [0.5, 0.6) is 0 Å². The van der Waals surface area contributed by atoms with E-state index in [-0.39, 0.29) is 4.90 Å². The second kappa shape index (κ2) is 7.02. The number of benzene rings is 3. The van der Waals surface area contributed by atoms with E-state index in [4.69, 9.17) is 4.42 Å². The van der Waals surface area contributed by atoms with Gasteiger partial charge in [-0.25, -0.2) is 8.42 Å². The molecule has 1 unspecified atom stereocenters. The van der Waals surface area contributed by atoms with E-state index in [1.54, 1.807) is 42.9 Å². The van der Waals surface area contributed by atoms with Crippen LogP contribution in [0.15, 0.2) is 94.6 Å². The van der Waals surface area contributed by atoms with Crippen LogP contribution in [0, 0.1) is 6.92 Å². The molecule has 0 saturated carbocycles. The van der Waals surface area contributed by atoms with Crippen LogP contribution in [0.2, 0.25) is 0 Å². The fourth-order valence-corrected chi connectivity index (χ4v) is 4.40. The molecular weight excluding hydrogens is 358 g/mol. The third-order valence-corrected chi connectivity index (χ3v) is 6.05. The molecule has 0 aliphatic heterocycles. The standard InChI is InChI=1S/C22H19NO3S/c1-16-9-11-19(12-10-16)27(24,25)23-22(18-13-14-26-15-18)21-8-4-6-17-5-2-3-7-20(17)21/h2-15,22-23H,1H3. The summed E-state index contributed by atoms with van der Waals surface area (Å²) in [6.45, 7) is 1.92. The third kappa shape index (κ3) is 3.52. The summed E-state index contributed by atoms with van der Waals surface area (Å²) < 4.78 is 34.1. The Labute approximate surface area is 158 Å². The van der Waals surface area contributed by atoms with Crippen molar-refractivity contribution in [3.8, 4) is 0 Å². The first-order chi connectivity index (χ1) is 13.0. The molecule has 0 spiro atoms. The molecular formula is C22H19NO3S. The fraction of sp³-hybridized carbons (Fsp3) is 0.0909. The second-order valence-electron chi connectivity index (χ2n) is 6.49. The van der Waals surface area contributed by atoms with Crippen molar-refractivity contribution in [3.05, 3.63) is 102 Å². The van der Waals surface area contributed by atoms with Crippen molar-refractivity contribution in [3.63, 3.8) is 0 Å². The van der Waals surface area contributed by atoms with Crippen LogP contribution in [0.25, 0.3) is 10.8 Å². The van der Waals surface area contributed by atoms with Crippen molar-refractivity contribution >= 4 is 20.8 Å². The number of hydrogen-bond donors (Lipinski definition) is 1. The highest BCUT2D eigenvalue weighted by molar-refractivity contribution is 7.89. The molecule has 27 heavy (non-hydrogen) atoms. The first-order valence-electron chi connectivity index (χ1n) is 8.63. The molecule has 0 aliphatic carbocycles. The minimum atomic E-state index is -3.71. The highest BCUT2D eigenvalue weighted by atomic mass is 32.2. The van der Waals surface area contributed by atoms with Gasteiger partial charge in [-0.2, -0.15) is 4.72 Å². The van der Waals surface area contributed by atoms with Gasteiger partial charge in [0, 0.05) is 5.56 Å². The lowest BCUT2D eigenvalue weighted by Crippen LogP contribution is -2.29. The molecule has 1 aromatic heterocycles. The molecule has 4 nitrogen and oxygen atoms in total. The van der Waals surface area contributed by atoms with Crippen molar-refractivity contribution < 1.29 is 12.8 Å². The molecule has 0 radical (unpaired) electrons. The zero-order chi connectivity index (χ0) is 18.9. The Balaban J connectivity index is 1.82. The molecule has 4 aromatic rings. The topological polar surface area (TPSA) is 59.3 Å². The van der Waals surface area contributed by atoms with Crippen molar-refractivity contribution in [2.75, 3.05) is 0 Å². The van der Waals surface area contributed by atoms with Crippen LogP contribution in [0.4, 0.5) is 0 Å². The summed E-state index contributed by atoms with van der Waals surface area (Å²) in [5.74, 6) is 0. The van der Waals surface area contributed by atoms with Crippen LogP contribution in [0.1, 0.15) is 22.7 Å². The van der Waals surface area contributed by atoms with Crippen LogP contribution in [-0.4, -0.2) is 8.42 Å². The maximum absolute atomic E-state index is 13.0. The molecule has 1 N–H and O–H groups in total. The van der Waals surface area contributed by atoms with Crippen molar-refractivity contribution in [1.82, 2.24) is 4.72 Å².